The van der Waals surface area contributed by atoms with Crippen LogP contribution in [0.3, 0.4) is 0 Å². The quantitative estimate of drug-likeness (QED) is 0.925. The highest BCUT2D eigenvalue weighted by Gasteiger charge is 2.20. The van der Waals surface area contributed by atoms with Crippen molar-refractivity contribution in [2.24, 2.45) is 0 Å². The first-order valence-electron chi connectivity index (χ1n) is 7.61. The van der Waals surface area contributed by atoms with Crippen LogP contribution >= 0.6 is 0 Å². The molecule has 1 atom stereocenters. The Hall–Kier alpha value is -1.80. The number of nitrogens with one attached hydrogen (secondary N) is 1. The molecule has 1 aliphatic rings. The zero-order valence-electron chi connectivity index (χ0n) is 13.1. The van der Waals surface area contributed by atoms with E-state index in [0.717, 1.165) is 25.3 Å². The van der Waals surface area contributed by atoms with Gasteiger partial charge in [-0.1, -0.05) is 30.3 Å². The topological polar surface area (TPSA) is 21.3 Å². The molecule has 0 radical (unpaired) electrons. The molecule has 1 N–H and O–H groups in total. The second-order valence-corrected chi connectivity index (χ2v) is 5.98. The highest BCUT2D eigenvalue weighted by molar-refractivity contribution is 5.43. The summed E-state index contributed by atoms with van der Waals surface area (Å²) in [6.07, 6.45) is 1.08. The normalized spacial score (nSPS) is 17.4. The molecular weight excluding hydrogens is 258 g/mol. The van der Waals surface area contributed by atoms with E-state index in [0.29, 0.717) is 5.92 Å². The lowest BCUT2D eigenvalue weighted by atomic mass is 9.85. The molecule has 3 rings (SSSR count). The van der Waals surface area contributed by atoms with Crippen molar-refractivity contribution in [3.05, 3.63) is 64.2 Å². The van der Waals surface area contributed by atoms with Crippen molar-refractivity contribution in [2.75, 3.05) is 13.7 Å². The summed E-state index contributed by atoms with van der Waals surface area (Å²) in [5, 5.41) is 3.54. The molecule has 110 valence electrons. The number of rotatable bonds is 3. The number of methoxy groups -OCH3 is 1. The van der Waals surface area contributed by atoms with Crippen LogP contribution in [-0.4, -0.2) is 13.7 Å². The van der Waals surface area contributed by atoms with E-state index in [4.69, 9.17) is 4.74 Å². The largest absolute Gasteiger partial charge is 0.496 e. The number of benzene rings is 2. The lowest BCUT2D eigenvalue weighted by molar-refractivity contribution is 0.411. The Morgan fingerprint density at radius 3 is 2.76 bits per heavy atom. The second-order valence-electron chi connectivity index (χ2n) is 5.98. The maximum atomic E-state index is 5.41. The van der Waals surface area contributed by atoms with Crippen LogP contribution in [0.25, 0.3) is 0 Å². The Kier molecular flexibility index (Phi) is 3.98. The van der Waals surface area contributed by atoms with Crippen molar-refractivity contribution >= 4 is 0 Å². The Morgan fingerprint density at radius 1 is 1.14 bits per heavy atom. The molecule has 0 saturated heterocycles. The van der Waals surface area contributed by atoms with Crippen LogP contribution in [0.4, 0.5) is 0 Å². The Balaban J connectivity index is 1.90. The molecule has 2 aromatic carbocycles. The molecule has 2 heteroatoms. The van der Waals surface area contributed by atoms with E-state index in [2.05, 4.69) is 55.6 Å². The molecule has 0 spiro atoms. The summed E-state index contributed by atoms with van der Waals surface area (Å²) in [6.45, 7) is 6.35. The lowest BCUT2D eigenvalue weighted by Crippen LogP contribution is -2.29. The summed E-state index contributed by atoms with van der Waals surface area (Å²) < 4.78 is 5.41. The van der Waals surface area contributed by atoms with Gasteiger partial charge in [0.15, 0.2) is 0 Å². The molecule has 1 aliphatic heterocycles. The van der Waals surface area contributed by atoms with E-state index >= 15 is 0 Å². The zero-order chi connectivity index (χ0) is 14.8. The van der Waals surface area contributed by atoms with Gasteiger partial charge in [-0.3, -0.25) is 0 Å². The highest BCUT2D eigenvalue weighted by atomic mass is 16.5. The van der Waals surface area contributed by atoms with E-state index in [9.17, 15) is 0 Å². The third-order valence-electron chi connectivity index (χ3n) is 4.52. The molecule has 0 aliphatic carbocycles. The molecule has 0 aromatic heterocycles. The van der Waals surface area contributed by atoms with E-state index in [1.165, 1.54) is 27.8 Å². The molecular formula is C19H23NO. The fourth-order valence-corrected chi connectivity index (χ4v) is 3.32. The zero-order valence-corrected chi connectivity index (χ0v) is 13.1. The monoisotopic (exact) mass is 281 g/mol. The van der Waals surface area contributed by atoms with Gasteiger partial charge in [-0.25, -0.2) is 0 Å². The van der Waals surface area contributed by atoms with E-state index < -0.39 is 0 Å². The number of fused-ring (bicyclic) bond motifs is 1. The molecule has 1 unspecified atom stereocenters. The molecule has 1 heterocycles. The molecule has 2 aromatic rings. The van der Waals surface area contributed by atoms with Gasteiger partial charge in [-0.05, 0) is 54.2 Å². The van der Waals surface area contributed by atoms with Crippen molar-refractivity contribution < 1.29 is 4.74 Å². The molecule has 0 fully saturated rings. The van der Waals surface area contributed by atoms with Gasteiger partial charge in [-0.15, -0.1) is 0 Å². The van der Waals surface area contributed by atoms with Crippen molar-refractivity contribution in [1.29, 1.82) is 0 Å². The van der Waals surface area contributed by atoms with E-state index in [-0.39, 0.29) is 0 Å². The van der Waals surface area contributed by atoms with Crippen LogP contribution in [0.15, 0.2) is 36.4 Å². The van der Waals surface area contributed by atoms with E-state index in [1.54, 1.807) is 7.11 Å². The van der Waals surface area contributed by atoms with Crippen LogP contribution in [0.1, 0.15) is 33.7 Å². The summed E-state index contributed by atoms with van der Waals surface area (Å²) in [7, 11) is 1.74. The fourth-order valence-electron chi connectivity index (χ4n) is 3.32. The Morgan fingerprint density at radius 2 is 1.95 bits per heavy atom. The first-order chi connectivity index (χ1) is 10.2. The summed E-state index contributed by atoms with van der Waals surface area (Å²) >= 11 is 0. The van der Waals surface area contributed by atoms with Gasteiger partial charge >= 0.3 is 0 Å². The molecule has 0 bridgehead atoms. The number of aryl methyl sites for hydroxylation is 2. The van der Waals surface area contributed by atoms with Gasteiger partial charge in [0.25, 0.3) is 0 Å². The number of hydrogen-bond acceptors (Lipinski definition) is 2. The van der Waals surface area contributed by atoms with Gasteiger partial charge in [0.05, 0.1) is 7.11 Å². The molecule has 0 amide bonds. The summed E-state index contributed by atoms with van der Waals surface area (Å²) in [6, 6.07) is 13.3. The van der Waals surface area contributed by atoms with Crippen LogP contribution in [-0.2, 0) is 13.0 Å². The minimum absolute atomic E-state index is 0.557. The first-order valence-corrected chi connectivity index (χ1v) is 7.61. The van der Waals surface area contributed by atoms with Crippen LogP contribution in [0.2, 0.25) is 0 Å². The highest BCUT2D eigenvalue weighted by Crippen LogP contribution is 2.30. The molecule has 2 nitrogen and oxygen atoms in total. The standard InChI is InChI=1S/C19H23NO/c1-13-9-19(21-3)14(2)8-16(13)10-17-12-20-11-15-6-4-5-7-18(15)17/h4-9,17,20H,10-12H2,1-3H3. The van der Waals surface area contributed by atoms with Crippen molar-refractivity contribution in [3.8, 4) is 5.75 Å². The average Bonchev–Trinajstić information content (AvgIpc) is 2.51. The van der Waals surface area contributed by atoms with Gasteiger partial charge in [-0.2, -0.15) is 0 Å². The third-order valence-corrected chi connectivity index (χ3v) is 4.52. The molecule has 21 heavy (non-hydrogen) atoms. The molecule has 0 saturated carbocycles. The first kappa shape index (κ1) is 14.2. The van der Waals surface area contributed by atoms with Crippen LogP contribution in [0.5, 0.6) is 5.75 Å². The van der Waals surface area contributed by atoms with Gasteiger partial charge < -0.3 is 10.1 Å². The van der Waals surface area contributed by atoms with Crippen molar-refractivity contribution in [3.63, 3.8) is 0 Å². The number of ether oxygens (including phenoxy) is 1. The smallest absolute Gasteiger partial charge is 0.122 e. The van der Waals surface area contributed by atoms with Crippen molar-refractivity contribution in [1.82, 2.24) is 5.32 Å². The van der Waals surface area contributed by atoms with Crippen LogP contribution < -0.4 is 10.1 Å². The minimum atomic E-state index is 0.557. The minimum Gasteiger partial charge on any atom is -0.496 e. The van der Waals surface area contributed by atoms with Crippen LogP contribution in [0, 0.1) is 13.8 Å². The predicted molar refractivity (Wildman–Crippen MR) is 87.1 cm³/mol. The van der Waals surface area contributed by atoms with Gasteiger partial charge in [0.1, 0.15) is 5.75 Å². The Labute approximate surface area is 127 Å². The van der Waals surface area contributed by atoms with E-state index in [1.807, 2.05) is 0 Å². The fraction of sp³-hybridized carbons (Fsp3) is 0.368. The van der Waals surface area contributed by atoms with Gasteiger partial charge in [0.2, 0.25) is 0 Å². The van der Waals surface area contributed by atoms with Gasteiger partial charge in [0, 0.05) is 19.0 Å². The number of hydrogen-bond donors (Lipinski definition) is 1. The third kappa shape index (κ3) is 2.81. The summed E-state index contributed by atoms with van der Waals surface area (Å²) in [5.41, 5.74) is 6.91. The summed E-state index contributed by atoms with van der Waals surface area (Å²) in [4.78, 5) is 0. The maximum absolute atomic E-state index is 5.41. The second kappa shape index (κ2) is 5.90. The van der Waals surface area contributed by atoms with Crippen molar-refractivity contribution in [2.45, 2.75) is 32.7 Å². The SMILES string of the molecule is COc1cc(C)c(CC2CNCc3ccccc32)cc1C. The average molecular weight is 281 g/mol. The maximum Gasteiger partial charge on any atom is 0.122 e. The Bertz CT molecular complexity index is 648. The predicted octanol–water partition coefficient (Wildman–Crippen LogP) is 3.74. The lowest BCUT2D eigenvalue weighted by Gasteiger charge is -2.27. The summed E-state index contributed by atoms with van der Waals surface area (Å²) in [5.74, 6) is 1.54.